The molecule has 1 aromatic rings. The van der Waals surface area contributed by atoms with Crippen molar-refractivity contribution < 1.29 is 9.53 Å². The number of ketones is 1. The maximum Gasteiger partial charge on any atom is 0.158 e. The molecule has 13 heavy (non-hydrogen) atoms. The molecule has 1 unspecified atom stereocenters. The molecule has 70 valence electrons. The van der Waals surface area contributed by atoms with Crippen LogP contribution in [0.2, 0.25) is 0 Å². The minimum Gasteiger partial charge on any atom is -0.373 e. The molecule has 0 radical (unpaired) electrons. The van der Waals surface area contributed by atoms with Crippen LogP contribution in [0.4, 0.5) is 0 Å². The summed E-state index contributed by atoms with van der Waals surface area (Å²) in [5.41, 5.74) is 1.13. The second-order valence-corrected chi connectivity index (χ2v) is 3.02. The molecule has 0 bridgehead atoms. The Morgan fingerprint density at radius 1 is 1.38 bits per heavy atom. The molecule has 0 N–H and O–H groups in total. The summed E-state index contributed by atoms with van der Waals surface area (Å²) in [6, 6.07) is 9.87. The highest BCUT2D eigenvalue weighted by molar-refractivity contribution is 5.80. The fourth-order valence-electron chi connectivity index (χ4n) is 1.22. The van der Waals surface area contributed by atoms with Crippen LogP contribution in [0.15, 0.2) is 30.3 Å². The first kappa shape index (κ1) is 9.93. The van der Waals surface area contributed by atoms with Crippen molar-refractivity contribution in [3.8, 4) is 0 Å². The minimum atomic E-state index is -0.303. The van der Waals surface area contributed by atoms with E-state index in [4.69, 9.17) is 4.74 Å². The van der Waals surface area contributed by atoms with E-state index in [1.165, 1.54) is 0 Å². The number of hydrogen-bond acceptors (Lipinski definition) is 2. The maximum atomic E-state index is 11.1. The standard InChI is InChI=1S/C11H14O2/c1-9(12)11(13-2)8-10-6-4-3-5-7-10/h3-7,11H,8H2,1-2H3. The fourth-order valence-corrected chi connectivity index (χ4v) is 1.22. The van der Waals surface area contributed by atoms with Gasteiger partial charge in [-0.2, -0.15) is 0 Å². The minimum absolute atomic E-state index is 0.0753. The van der Waals surface area contributed by atoms with E-state index >= 15 is 0 Å². The highest BCUT2D eigenvalue weighted by atomic mass is 16.5. The Morgan fingerprint density at radius 2 is 2.00 bits per heavy atom. The van der Waals surface area contributed by atoms with Crippen LogP contribution in [-0.4, -0.2) is 19.0 Å². The number of methoxy groups -OCH3 is 1. The monoisotopic (exact) mass is 178 g/mol. The van der Waals surface area contributed by atoms with Crippen LogP contribution in [0, 0.1) is 0 Å². The molecule has 1 atom stereocenters. The molecule has 0 aliphatic rings. The largest absolute Gasteiger partial charge is 0.373 e. The van der Waals surface area contributed by atoms with E-state index in [1.54, 1.807) is 14.0 Å². The molecule has 1 aromatic carbocycles. The van der Waals surface area contributed by atoms with Gasteiger partial charge in [0.05, 0.1) is 0 Å². The van der Waals surface area contributed by atoms with Gasteiger partial charge in [-0.05, 0) is 12.5 Å². The highest BCUT2D eigenvalue weighted by Gasteiger charge is 2.12. The molecule has 0 saturated carbocycles. The summed E-state index contributed by atoms with van der Waals surface area (Å²) in [6.45, 7) is 1.55. The number of ether oxygens (including phenoxy) is 1. The number of rotatable bonds is 4. The number of carbonyl (C=O) groups excluding carboxylic acids is 1. The van der Waals surface area contributed by atoms with Gasteiger partial charge in [-0.15, -0.1) is 0 Å². The van der Waals surface area contributed by atoms with E-state index in [0.717, 1.165) is 5.56 Å². The molecule has 0 amide bonds. The van der Waals surface area contributed by atoms with Crippen LogP contribution in [0.1, 0.15) is 12.5 Å². The third-order valence-corrected chi connectivity index (χ3v) is 2.00. The van der Waals surface area contributed by atoms with Crippen molar-refractivity contribution in [3.05, 3.63) is 35.9 Å². The predicted molar refractivity (Wildman–Crippen MR) is 51.6 cm³/mol. The van der Waals surface area contributed by atoms with Crippen LogP contribution >= 0.6 is 0 Å². The molecule has 0 spiro atoms. The summed E-state index contributed by atoms with van der Waals surface area (Å²) >= 11 is 0. The van der Waals surface area contributed by atoms with Gasteiger partial charge < -0.3 is 4.74 Å². The Morgan fingerprint density at radius 3 is 2.46 bits per heavy atom. The Kier molecular flexibility index (Phi) is 3.65. The van der Waals surface area contributed by atoms with E-state index in [-0.39, 0.29) is 11.9 Å². The predicted octanol–water partition coefficient (Wildman–Crippen LogP) is 1.83. The number of carbonyl (C=O) groups is 1. The lowest BCUT2D eigenvalue weighted by atomic mass is 10.1. The molecule has 1 rings (SSSR count). The van der Waals surface area contributed by atoms with Gasteiger partial charge in [0.25, 0.3) is 0 Å². The van der Waals surface area contributed by atoms with Gasteiger partial charge in [0.2, 0.25) is 0 Å². The SMILES string of the molecule is COC(Cc1ccccc1)C(C)=O. The third kappa shape index (κ3) is 2.99. The summed E-state index contributed by atoms with van der Waals surface area (Å²) in [7, 11) is 1.56. The summed E-state index contributed by atoms with van der Waals surface area (Å²) < 4.78 is 5.07. The average molecular weight is 178 g/mol. The molecular weight excluding hydrogens is 164 g/mol. The van der Waals surface area contributed by atoms with Crippen molar-refractivity contribution in [2.75, 3.05) is 7.11 Å². The van der Waals surface area contributed by atoms with E-state index in [1.807, 2.05) is 30.3 Å². The molecule has 0 heterocycles. The highest BCUT2D eigenvalue weighted by Crippen LogP contribution is 2.05. The first-order valence-corrected chi connectivity index (χ1v) is 4.31. The van der Waals surface area contributed by atoms with Gasteiger partial charge in [-0.3, -0.25) is 4.79 Å². The van der Waals surface area contributed by atoms with Gasteiger partial charge in [0, 0.05) is 13.5 Å². The maximum absolute atomic E-state index is 11.1. The second-order valence-electron chi connectivity index (χ2n) is 3.02. The van der Waals surface area contributed by atoms with Crippen molar-refractivity contribution in [2.45, 2.75) is 19.4 Å². The quantitative estimate of drug-likeness (QED) is 0.703. The van der Waals surface area contributed by atoms with E-state index < -0.39 is 0 Å². The Hall–Kier alpha value is -1.15. The molecule has 0 aliphatic heterocycles. The van der Waals surface area contributed by atoms with Gasteiger partial charge in [0.15, 0.2) is 5.78 Å². The molecule has 0 aromatic heterocycles. The Labute approximate surface area is 78.5 Å². The van der Waals surface area contributed by atoms with Gasteiger partial charge in [0.1, 0.15) is 6.10 Å². The van der Waals surface area contributed by atoms with Crippen molar-refractivity contribution in [1.82, 2.24) is 0 Å². The van der Waals surface area contributed by atoms with Crippen molar-refractivity contribution >= 4 is 5.78 Å². The van der Waals surface area contributed by atoms with Crippen LogP contribution in [-0.2, 0) is 16.0 Å². The van der Waals surface area contributed by atoms with Crippen molar-refractivity contribution in [2.24, 2.45) is 0 Å². The average Bonchev–Trinajstić information content (AvgIpc) is 2.15. The van der Waals surface area contributed by atoms with Crippen LogP contribution in [0.3, 0.4) is 0 Å². The fraction of sp³-hybridized carbons (Fsp3) is 0.364. The Balaban J connectivity index is 2.62. The first-order chi connectivity index (χ1) is 6.24. The van der Waals surface area contributed by atoms with E-state index in [0.29, 0.717) is 6.42 Å². The number of benzene rings is 1. The van der Waals surface area contributed by atoms with Crippen molar-refractivity contribution in [3.63, 3.8) is 0 Å². The summed E-state index contributed by atoms with van der Waals surface area (Å²) in [5.74, 6) is 0.0753. The van der Waals surface area contributed by atoms with Gasteiger partial charge >= 0.3 is 0 Å². The van der Waals surface area contributed by atoms with Crippen LogP contribution in [0.5, 0.6) is 0 Å². The molecule has 2 nitrogen and oxygen atoms in total. The smallest absolute Gasteiger partial charge is 0.158 e. The molecular formula is C11H14O2. The lowest BCUT2D eigenvalue weighted by Crippen LogP contribution is -2.22. The van der Waals surface area contributed by atoms with Crippen LogP contribution in [0.25, 0.3) is 0 Å². The van der Waals surface area contributed by atoms with Gasteiger partial charge in [-0.1, -0.05) is 30.3 Å². The molecule has 0 fully saturated rings. The molecule has 0 saturated heterocycles. The zero-order valence-electron chi connectivity index (χ0n) is 7.99. The summed E-state index contributed by atoms with van der Waals surface area (Å²) in [6.07, 6.45) is 0.356. The summed E-state index contributed by atoms with van der Waals surface area (Å²) in [5, 5.41) is 0. The van der Waals surface area contributed by atoms with Crippen molar-refractivity contribution in [1.29, 1.82) is 0 Å². The lowest BCUT2D eigenvalue weighted by Gasteiger charge is -2.11. The first-order valence-electron chi connectivity index (χ1n) is 4.31. The second kappa shape index (κ2) is 4.77. The normalized spacial score (nSPS) is 12.5. The Bertz CT molecular complexity index is 267. The van der Waals surface area contributed by atoms with E-state index in [9.17, 15) is 4.79 Å². The zero-order valence-corrected chi connectivity index (χ0v) is 7.99. The summed E-state index contributed by atoms with van der Waals surface area (Å²) in [4.78, 5) is 11.1. The van der Waals surface area contributed by atoms with E-state index in [2.05, 4.69) is 0 Å². The number of Topliss-reactive ketones (excluding diaryl/α,β-unsaturated/α-hetero) is 1. The number of hydrogen-bond donors (Lipinski definition) is 0. The lowest BCUT2D eigenvalue weighted by molar-refractivity contribution is -0.126. The zero-order chi connectivity index (χ0) is 9.68. The topological polar surface area (TPSA) is 26.3 Å². The third-order valence-electron chi connectivity index (χ3n) is 2.00. The molecule has 2 heteroatoms. The van der Waals surface area contributed by atoms with Gasteiger partial charge in [-0.25, -0.2) is 0 Å². The molecule has 0 aliphatic carbocycles. The van der Waals surface area contributed by atoms with Crippen LogP contribution < -0.4 is 0 Å².